The van der Waals surface area contributed by atoms with E-state index in [1.165, 1.54) is 13.2 Å². The fraction of sp³-hybridized carbons (Fsp3) is 0.450. The van der Waals surface area contributed by atoms with Crippen molar-refractivity contribution in [3.63, 3.8) is 0 Å². The van der Waals surface area contributed by atoms with Gasteiger partial charge in [-0.3, -0.25) is 4.79 Å². The molecule has 0 unspecified atom stereocenters. The van der Waals surface area contributed by atoms with Crippen LogP contribution in [0.1, 0.15) is 25.3 Å². The predicted molar refractivity (Wildman–Crippen MR) is 91.6 cm³/mol. The number of rotatable bonds is 5. The smallest absolute Gasteiger partial charge is 0.335 e. The van der Waals surface area contributed by atoms with Crippen LogP contribution < -0.4 is 0 Å². The molecule has 1 aliphatic carbocycles. The standard InChI is InChI=1S/C20H22O6/c1-13-10-20(15(11-21)8-16(13)19(23)24-2)17(9-18(22)26-20)25-12-14-6-4-3-5-7-14/h3-7,9,11,13,15-16H,8,10,12H2,1-2H3/t13-,15+,16+,20+/m1/s1. The van der Waals surface area contributed by atoms with Gasteiger partial charge < -0.3 is 19.0 Å². The van der Waals surface area contributed by atoms with Crippen LogP contribution >= 0.6 is 0 Å². The van der Waals surface area contributed by atoms with Gasteiger partial charge in [-0.1, -0.05) is 37.3 Å². The van der Waals surface area contributed by atoms with Crippen LogP contribution in [0.3, 0.4) is 0 Å². The summed E-state index contributed by atoms with van der Waals surface area (Å²) >= 11 is 0. The van der Waals surface area contributed by atoms with Crippen LogP contribution in [-0.2, 0) is 35.2 Å². The number of benzene rings is 1. The molecule has 0 saturated heterocycles. The molecule has 0 amide bonds. The molecule has 4 atom stereocenters. The molecule has 6 nitrogen and oxygen atoms in total. The van der Waals surface area contributed by atoms with E-state index in [9.17, 15) is 14.4 Å². The van der Waals surface area contributed by atoms with Crippen molar-refractivity contribution in [1.29, 1.82) is 0 Å². The zero-order valence-corrected chi connectivity index (χ0v) is 14.8. The number of methoxy groups -OCH3 is 1. The van der Waals surface area contributed by atoms with E-state index in [1.807, 2.05) is 37.3 Å². The molecule has 0 bridgehead atoms. The van der Waals surface area contributed by atoms with E-state index in [-0.39, 0.29) is 24.9 Å². The molecule has 0 aromatic heterocycles. The van der Waals surface area contributed by atoms with Crippen LogP contribution in [-0.4, -0.2) is 30.9 Å². The fourth-order valence-corrected chi connectivity index (χ4v) is 3.90. The highest BCUT2D eigenvalue weighted by Crippen LogP contribution is 2.49. The summed E-state index contributed by atoms with van der Waals surface area (Å²) in [6.07, 6.45) is 2.66. The Hall–Kier alpha value is -2.63. The molecule has 1 spiro atoms. The Labute approximate surface area is 152 Å². The highest BCUT2D eigenvalue weighted by Gasteiger charge is 2.57. The predicted octanol–water partition coefficient (Wildman–Crippen LogP) is 2.42. The molecule has 1 saturated carbocycles. The molecule has 3 rings (SSSR count). The van der Waals surface area contributed by atoms with Crippen molar-refractivity contribution >= 4 is 18.2 Å². The number of hydrogen-bond donors (Lipinski definition) is 0. The van der Waals surface area contributed by atoms with Crippen molar-refractivity contribution in [2.75, 3.05) is 7.11 Å². The second kappa shape index (κ2) is 7.32. The van der Waals surface area contributed by atoms with E-state index in [0.29, 0.717) is 12.2 Å². The average molecular weight is 358 g/mol. The van der Waals surface area contributed by atoms with E-state index in [2.05, 4.69) is 0 Å². The summed E-state index contributed by atoms with van der Waals surface area (Å²) in [6, 6.07) is 9.54. The van der Waals surface area contributed by atoms with Gasteiger partial charge >= 0.3 is 11.9 Å². The highest BCUT2D eigenvalue weighted by atomic mass is 16.6. The van der Waals surface area contributed by atoms with Crippen molar-refractivity contribution < 1.29 is 28.6 Å². The minimum atomic E-state index is -1.14. The summed E-state index contributed by atoms with van der Waals surface area (Å²) in [7, 11) is 1.33. The molecule has 1 aromatic carbocycles. The Morgan fingerprint density at radius 2 is 2.08 bits per heavy atom. The number of aldehydes is 1. The molecule has 138 valence electrons. The maximum atomic E-state index is 12.0. The Balaban J connectivity index is 1.83. The van der Waals surface area contributed by atoms with Crippen LogP contribution in [0.4, 0.5) is 0 Å². The van der Waals surface area contributed by atoms with Gasteiger partial charge in [0.2, 0.25) is 0 Å². The largest absolute Gasteiger partial charge is 0.489 e. The summed E-state index contributed by atoms with van der Waals surface area (Å²) in [5, 5.41) is 0. The molecule has 26 heavy (non-hydrogen) atoms. The number of hydrogen-bond acceptors (Lipinski definition) is 6. The third-order valence-corrected chi connectivity index (χ3v) is 5.27. The highest BCUT2D eigenvalue weighted by molar-refractivity contribution is 5.87. The van der Waals surface area contributed by atoms with Gasteiger partial charge in [-0.2, -0.15) is 0 Å². The lowest BCUT2D eigenvalue weighted by Crippen LogP contribution is -2.50. The SMILES string of the molecule is COC(=O)[C@H]1C[C@@H](C=O)[C@]2(C[C@H]1C)OC(=O)C=C2OCc1ccccc1. The van der Waals surface area contributed by atoms with E-state index >= 15 is 0 Å². The van der Waals surface area contributed by atoms with E-state index < -0.39 is 23.4 Å². The molecule has 6 heteroatoms. The van der Waals surface area contributed by atoms with Crippen molar-refractivity contribution in [2.45, 2.75) is 32.0 Å². The summed E-state index contributed by atoms with van der Waals surface area (Å²) in [5.74, 6) is -1.69. The topological polar surface area (TPSA) is 78.9 Å². The van der Waals surface area contributed by atoms with Crippen LogP contribution in [0.25, 0.3) is 0 Å². The van der Waals surface area contributed by atoms with Gasteiger partial charge in [0.1, 0.15) is 18.7 Å². The lowest BCUT2D eigenvalue weighted by molar-refractivity contribution is -0.168. The second-order valence-electron chi connectivity index (χ2n) is 6.88. The molecular formula is C20H22O6. The fourth-order valence-electron chi connectivity index (χ4n) is 3.90. The van der Waals surface area contributed by atoms with Gasteiger partial charge in [0.25, 0.3) is 0 Å². The minimum absolute atomic E-state index is 0.117. The molecule has 1 heterocycles. The average Bonchev–Trinajstić information content (AvgIpc) is 2.95. The normalized spacial score (nSPS) is 30.5. The van der Waals surface area contributed by atoms with Gasteiger partial charge in [-0.05, 0) is 24.3 Å². The van der Waals surface area contributed by atoms with E-state index in [4.69, 9.17) is 14.2 Å². The molecule has 0 N–H and O–H groups in total. The first-order valence-corrected chi connectivity index (χ1v) is 8.65. The lowest BCUT2D eigenvalue weighted by atomic mass is 9.66. The minimum Gasteiger partial charge on any atom is -0.489 e. The Morgan fingerprint density at radius 1 is 1.35 bits per heavy atom. The van der Waals surface area contributed by atoms with Gasteiger partial charge in [0.05, 0.1) is 25.0 Å². The summed E-state index contributed by atoms with van der Waals surface area (Å²) in [4.78, 5) is 35.8. The zero-order chi connectivity index (χ0) is 18.7. The van der Waals surface area contributed by atoms with Crippen molar-refractivity contribution in [1.82, 2.24) is 0 Å². The van der Waals surface area contributed by atoms with Gasteiger partial charge in [0.15, 0.2) is 5.60 Å². The van der Waals surface area contributed by atoms with Crippen LogP contribution in [0.2, 0.25) is 0 Å². The Morgan fingerprint density at radius 3 is 2.73 bits per heavy atom. The number of esters is 2. The summed E-state index contributed by atoms with van der Waals surface area (Å²) in [5.41, 5.74) is -0.195. The van der Waals surface area contributed by atoms with Crippen LogP contribution in [0, 0.1) is 17.8 Å². The third-order valence-electron chi connectivity index (χ3n) is 5.27. The molecule has 1 aliphatic heterocycles. The molecule has 2 aliphatic rings. The Kier molecular flexibility index (Phi) is 5.11. The van der Waals surface area contributed by atoms with Gasteiger partial charge in [-0.25, -0.2) is 4.79 Å². The molecular weight excluding hydrogens is 336 g/mol. The van der Waals surface area contributed by atoms with Crippen LogP contribution in [0.15, 0.2) is 42.2 Å². The second-order valence-corrected chi connectivity index (χ2v) is 6.88. The first kappa shape index (κ1) is 18.2. The lowest BCUT2D eigenvalue weighted by Gasteiger charge is -2.43. The van der Waals surface area contributed by atoms with Crippen molar-refractivity contribution in [3.05, 3.63) is 47.7 Å². The molecule has 1 fully saturated rings. The van der Waals surface area contributed by atoms with Gasteiger partial charge in [-0.15, -0.1) is 0 Å². The maximum absolute atomic E-state index is 12.0. The van der Waals surface area contributed by atoms with Crippen molar-refractivity contribution in [2.24, 2.45) is 17.8 Å². The third kappa shape index (κ3) is 3.23. The maximum Gasteiger partial charge on any atom is 0.335 e. The summed E-state index contributed by atoms with van der Waals surface area (Å²) in [6.45, 7) is 2.16. The van der Waals surface area contributed by atoms with Gasteiger partial charge in [0, 0.05) is 0 Å². The number of carbonyl (C=O) groups is 3. The quantitative estimate of drug-likeness (QED) is 0.594. The summed E-state index contributed by atoms with van der Waals surface area (Å²) < 4.78 is 16.3. The van der Waals surface area contributed by atoms with E-state index in [1.54, 1.807) is 0 Å². The molecule has 1 aromatic rings. The number of carbonyl (C=O) groups excluding carboxylic acids is 3. The zero-order valence-electron chi connectivity index (χ0n) is 14.8. The molecule has 0 radical (unpaired) electrons. The van der Waals surface area contributed by atoms with E-state index in [0.717, 1.165) is 11.8 Å². The first-order chi connectivity index (χ1) is 12.5. The Bertz CT molecular complexity index is 725. The van der Waals surface area contributed by atoms with Crippen LogP contribution in [0.5, 0.6) is 0 Å². The first-order valence-electron chi connectivity index (χ1n) is 8.65. The number of ether oxygens (including phenoxy) is 3. The van der Waals surface area contributed by atoms with Crippen molar-refractivity contribution in [3.8, 4) is 0 Å². The monoisotopic (exact) mass is 358 g/mol.